The van der Waals surface area contributed by atoms with Gasteiger partial charge in [-0.25, -0.2) is 14.6 Å². The highest BCUT2D eigenvalue weighted by Gasteiger charge is 2.29. The van der Waals surface area contributed by atoms with Crippen LogP contribution < -0.4 is 5.32 Å². The van der Waals surface area contributed by atoms with Crippen molar-refractivity contribution in [1.29, 1.82) is 0 Å². The molecule has 0 unspecified atom stereocenters. The van der Waals surface area contributed by atoms with E-state index in [-0.39, 0.29) is 28.3 Å². The minimum atomic E-state index is -0.603. The first kappa shape index (κ1) is 21.3. The first-order chi connectivity index (χ1) is 15.4. The molecule has 1 N–H and O–H groups in total. The van der Waals surface area contributed by atoms with Gasteiger partial charge >= 0.3 is 11.9 Å². The van der Waals surface area contributed by atoms with E-state index < -0.39 is 17.8 Å². The Hall–Kier alpha value is -3.98. The van der Waals surface area contributed by atoms with Gasteiger partial charge in [-0.3, -0.25) is 10.1 Å². The number of carbonyl (C=O) groups excluding carboxylic acids is 3. The van der Waals surface area contributed by atoms with Crippen molar-refractivity contribution in [2.75, 3.05) is 19.5 Å². The van der Waals surface area contributed by atoms with Crippen LogP contribution in [0.15, 0.2) is 52.9 Å². The van der Waals surface area contributed by atoms with Gasteiger partial charge in [0, 0.05) is 5.56 Å². The maximum Gasteiger partial charge on any atom is 0.342 e. The molecule has 4 aromatic rings. The Labute approximate surface area is 186 Å². The number of thiazole rings is 1. The zero-order valence-electron chi connectivity index (χ0n) is 17.4. The van der Waals surface area contributed by atoms with E-state index in [9.17, 15) is 14.4 Å². The maximum atomic E-state index is 12.9. The summed E-state index contributed by atoms with van der Waals surface area (Å²) < 4.78 is 16.3. The highest BCUT2D eigenvalue weighted by molar-refractivity contribution is 7.21. The number of benzene rings is 2. The summed E-state index contributed by atoms with van der Waals surface area (Å²) in [5.74, 6) is -1.34. The molecule has 162 valence electrons. The number of furan rings is 1. The van der Waals surface area contributed by atoms with Crippen LogP contribution in [-0.2, 0) is 9.47 Å². The zero-order chi connectivity index (χ0) is 22.8. The molecule has 1 amide bonds. The lowest BCUT2D eigenvalue weighted by Crippen LogP contribution is -2.13. The van der Waals surface area contributed by atoms with Crippen LogP contribution in [0.5, 0.6) is 0 Å². The summed E-state index contributed by atoms with van der Waals surface area (Å²) >= 11 is 1.36. The number of anilines is 1. The fourth-order valence-corrected chi connectivity index (χ4v) is 4.26. The largest absolute Gasteiger partial charge is 0.465 e. The molecule has 0 aliphatic rings. The number of rotatable bonds is 5. The van der Waals surface area contributed by atoms with Crippen LogP contribution in [0.25, 0.3) is 20.8 Å². The van der Waals surface area contributed by atoms with E-state index in [1.165, 1.54) is 31.6 Å². The predicted octanol–water partition coefficient (Wildman–Crippen LogP) is 4.69. The van der Waals surface area contributed by atoms with Crippen molar-refractivity contribution < 1.29 is 28.3 Å². The molecule has 2 heterocycles. The van der Waals surface area contributed by atoms with Crippen molar-refractivity contribution in [3.8, 4) is 10.6 Å². The number of carbonyl (C=O) groups is 3. The standard InChI is InChI=1S/C23H18N2O6S/c1-12-17(23(28)30-3)18(21-24-15-9-4-5-10-16(15)32-21)20(31-12)25-19(26)13-7-6-8-14(11-13)22(27)29-2/h4-11H,1-3H3,(H,25,26). The van der Waals surface area contributed by atoms with Gasteiger partial charge in [0.2, 0.25) is 5.88 Å². The molecule has 0 aliphatic carbocycles. The van der Waals surface area contributed by atoms with Gasteiger partial charge in [-0.05, 0) is 37.3 Å². The third-order valence-corrected chi connectivity index (χ3v) is 5.81. The first-order valence-corrected chi connectivity index (χ1v) is 10.3. The number of amides is 1. The molecular formula is C23H18N2O6S. The van der Waals surface area contributed by atoms with Crippen LogP contribution >= 0.6 is 11.3 Å². The third-order valence-electron chi connectivity index (χ3n) is 4.75. The lowest BCUT2D eigenvalue weighted by molar-refractivity contribution is 0.0591. The number of nitrogens with zero attached hydrogens (tertiary/aromatic N) is 1. The minimum Gasteiger partial charge on any atom is -0.465 e. The lowest BCUT2D eigenvalue weighted by Gasteiger charge is -2.06. The van der Waals surface area contributed by atoms with Gasteiger partial charge in [0.05, 0.1) is 35.6 Å². The summed E-state index contributed by atoms with van der Waals surface area (Å²) in [5.41, 5.74) is 1.73. The number of hydrogen-bond donors (Lipinski definition) is 1. The zero-order valence-corrected chi connectivity index (χ0v) is 18.2. The van der Waals surface area contributed by atoms with Gasteiger partial charge < -0.3 is 13.9 Å². The van der Waals surface area contributed by atoms with Crippen molar-refractivity contribution in [2.24, 2.45) is 0 Å². The summed E-state index contributed by atoms with van der Waals surface area (Å²) in [6.07, 6.45) is 0. The molecule has 2 aromatic heterocycles. The molecule has 9 heteroatoms. The SMILES string of the molecule is COC(=O)c1cccc(C(=O)Nc2oc(C)c(C(=O)OC)c2-c2nc3ccccc3s2)c1. The number of ether oxygens (including phenoxy) is 2. The quantitative estimate of drug-likeness (QED) is 0.440. The normalized spacial score (nSPS) is 10.7. The van der Waals surface area contributed by atoms with Crippen molar-refractivity contribution in [3.63, 3.8) is 0 Å². The molecule has 8 nitrogen and oxygen atoms in total. The van der Waals surface area contributed by atoms with E-state index in [0.717, 1.165) is 10.2 Å². The summed E-state index contributed by atoms with van der Waals surface area (Å²) in [5, 5.41) is 3.20. The average molecular weight is 450 g/mol. The van der Waals surface area contributed by atoms with Gasteiger partial charge in [0.25, 0.3) is 5.91 Å². The highest BCUT2D eigenvalue weighted by atomic mass is 32.1. The second-order valence-electron chi connectivity index (χ2n) is 6.74. The van der Waals surface area contributed by atoms with Crippen LogP contribution in [0.1, 0.15) is 36.8 Å². The molecule has 0 fully saturated rings. The van der Waals surface area contributed by atoms with Crippen molar-refractivity contribution in [2.45, 2.75) is 6.92 Å². The molecule has 0 spiro atoms. The number of nitrogens with one attached hydrogen (secondary N) is 1. The van der Waals surface area contributed by atoms with Crippen LogP contribution in [0.4, 0.5) is 5.88 Å². The fraction of sp³-hybridized carbons (Fsp3) is 0.130. The second-order valence-corrected chi connectivity index (χ2v) is 7.77. The van der Waals surface area contributed by atoms with E-state index in [1.807, 2.05) is 24.3 Å². The van der Waals surface area contributed by atoms with E-state index >= 15 is 0 Å². The third kappa shape index (κ3) is 3.85. The maximum absolute atomic E-state index is 12.9. The number of esters is 2. The average Bonchev–Trinajstić information content (AvgIpc) is 3.38. The number of hydrogen-bond acceptors (Lipinski definition) is 8. The van der Waals surface area contributed by atoms with Crippen LogP contribution in [0.2, 0.25) is 0 Å². The Balaban J connectivity index is 1.78. The van der Waals surface area contributed by atoms with Gasteiger partial charge in [0.1, 0.15) is 16.3 Å². The topological polar surface area (TPSA) is 108 Å². The first-order valence-electron chi connectivity index (χ1n) is 9.50. The Kier molecular flexibility index (Phi) is 5.74. The van der Waals surface area contributed by atoms with Crippen LogP contribution in [0, 0.1) is 6.92 Å². The van der Waals surface area contributed by atoms with Crippen molar-refractivity contribution in [3.05, 3.63) is 71.0 Å². The number of fused-ring (bicyclic) bond motifs is 1. The van der Waals surface area contributed by atoms with E-state index in [4.69, 9.17) is 13.9 Å². The summed E-state index contributed by atoms with van der Waals surface area (Å²) in [6, 6.07) is 13.6. The molecule has 0 saturated carbocycles. The minimum absolute atomic E-state index is 0.0652. The molecule has 32 heavy (non-hydrogen) atoms. The van der Waals surface area contributed by atoms with E-state index in [1.54, 1.807) is 25.1 Å². The predicted molar refractivity (Wildman–Crippen MR) is 119 cm³/mol. The number of methoxy groups -OCH3 is 2. The molecule has 0 saturated heterocycles. The number of aryl methyl sites for hydroxylation is 1. The second kappa shape index (κ2) is 8.64. The Bertz CT molecular complexity index is 1320. The smallest absolute Gasteiger partial charge is 0.342 e. The van der Waals surface area contributed by atoms with E-state index in [2.05, 4.69) is 10.3 Å². The summed E-state index contributed by atoms with van der Waals surface area (Å²) in [4.78, 5) is 41.8. The van der Waals surface area contributed by atoms with E-state index in [0.29, 0.717) is 10.6 Å². The van der Waals surface area contributed by atoms with Gasteiger partial charge in [-0.15, -0.1) is 11.3 Å². The molecule has 0 aliphatic heterocycles. The highest BCUT2D eigenvalue weighted by Crippen LogP contribution is 2.40. The van der Waals surface area contributed by atoms with Gasteiger partial charge in [0.15, 0.2) is 0 Å². The molecular weight excluding hydrogens is 432 g/mol. The summed E-state index contributed by atoms with van der Waals surface area (Å²) in [6.45, 7) is 1.61. The van der Waals surface area contributed by atoms with Crippen LogP contribution in [-0.4, -0.2) is 37.0 Å². The molecule has 0 bridgehead atoms. The number of para-hydroxylation sites is 1. The van der Waals surface area contributed by atoms with Crippen molar-refractivity contribution >= 4 is 45.3 Å². The van der Waals surface area contributed by atoms with Gasteiger partial charge in [-0.1, -0.05) is 18.2 Å². The van der Waals surface area contributed by atoms with Gasteiger partial charge in [-0.2, -0.15) is 0 Å². The molecule has 0 atom stereocenters. The Morgan fingerprint density at radius 2 is 1.69 bits per heavy atom. The number of aromatic nitrogens is 1. The van der Waals surface area contributed by atoms with Crippen LogP contribution in [0.3, 0.4) is 0 Å². The fourth-order valence-electron chi connectivity index (χ4n) is 3.24. The Morgan fingerprint density at radius 3 is 2.41 bits per heavy atom. The molecule has 2 aromatic carbocycles. The molecule has 0 radical (unpaired) electrons. The van der Waals surface area contributed by atoms with Crippen molar-refractivity contribution in [1.82, 2.24) is 4.98 Å². The monoisotopic (exact) mass is 450 g/mol. The molecule has 4 rings (SSSR count). The summed E-state index contributed by atoms with van der Waals surface area (Å²) in [7, 11) is 2.53. The lowest BCUT2D eigenvalue weighted by atomic mass is 10.1. The Morgan fingerprint density at radius 1 is 0.969 bits per heavy atom.